The highest BCUT2D eigenvalue weighted by Crippen LogP contribution is 2.26. The summed E-state index contributed by atoms with van der Waals surface area (Å²) < 4.78 is 11.8. The lowest BCUT2D eigenvalue weighted by Gasteiger charge is -2.16. The van der Waals surface area contributed by atoms with Gasteiger partial charge in [0.05, 0.1) is 19.3 Å². The Bertz CT molecular complexity index is 1240. The van der Waals surface area contributed by atoms with Crippen molar-refractivity contribution in [2.75, 3.05) is 13.7 Å². The molecule has 0 saturated carbocycles. The maximum Gasteiger partial charge on any atom is 0.271 e. The molecule has 0 aliphatic carbocycles. The molecule has 2 aromatic carbocycles. The molecule has 1 heterocycles. The van der Waals surface area contributed by atoms with Crippen molar-refractivity contribution in [3.8, 4) is 23.4 Å². The van der Waals surface area contributed by atoms with Gasteiger partial charge in [-0.05, 0) is 67.3 Å². The Morgan fingerprint density at radius 2 is 1.73 bits per heavy atom. The minimum Gasteiger partial charge on any atom is -0.497 e. The number of ether oxygens (including phenoxy) is 2. The van der Waals surface area contributed by atoms with Gasteiger partial charge in [0.2, 0.25) is 5.88 Å². The monoisotopic (exact) mass is 446 g/mol. The molecular formula is C26H26N2O5. The highest BCUT2D eigenvalue weighted by Gasteiger charge is 2.25. The van der Waals surface area contributed by atoms with Gasteiger partial charge in [0.1, 0.15) is 23.1 Å². The van der Waals surface area contributed by atoms with Crippen LogP contribution >= 0.6 is 0 Å². The number of carbonyl (C=O) groups excluding carboxylic acids is 1. The van der Waals surface area contributed by atoms with Crippen molar-refractivity contribution in [3.05, 3.63) is 86.7 Å². The number of ketones is 1. The average Bonchev–Trinajstić information content (AvgIpc) is 2.83. The Hall–Kier alpha value is -4.05. The van der Waals surface area contributed by atoms with Gasteiger partial charge in [-0.2, -0.15) is 5.26 Å². The summed E-state index contributed by atoms with van der Waals surface area (Å²) in [6, 6.07) is 15.8. The van der Waals surface area contributed by atoms with E-state index in [4.69, 9.17) is 9.47 Å². The maximum atomic E-state index is 13.3. The van der Waals surface area contributed by atoms with Gasteiger partial charge in [0.25, 0.3) is 5.56 Å². The number of aromatic hydroxyl groups is 1. The molecule has 3 aromatic rings. The predicted molar refractivity (Wildman–Crippen MR) is 124 cm³/mol. The van der Waals surface area contributed by atoms with Crippen molar-refractivity contribution in [2.45, 2.75) is 33.2 Å². The standard InChI is InChI=1S/C26H26N2O5/c1-4-15-33-21-11-7-19(8-12-21)24(29)23-17(2)22(16-27)25(30)28(26(23)31)14-13-18-5-9-20(32-3)10-6-18/h5-12,31H,4,13-15H2,1-3H3. The van der Waals surface area contributed by atoms with Crippen molar-refractivity contribution in [1.29, 1.82) is 5.26 Å². The van der Waals surface area contributed by atoms with Gasteiger partial charge in [0.15, 0.2) is 5.78 Å². The van der Waals surface area contributed by atoms with E-state index in [1.54, 1.807) is 43.5 Å². The first-order valence-electron chi connectivity index (χ1n) is 10.7. The van der Waals surface area contributed by atoms with Gasteiger partial charge < -0.3 is 14.6 Å². The third-order valence-corrected chi connectivity index (χ3v) is 5.40. The van der Waals surface area contributed by atoms with Gasteiger partial charge in [-0.25, -0.2) is 0 Å². The van der Waals surface area contributed by atoms with E-state index in [-0.39, 0.29) is 23.2 Å². The lowest BCUT2D eigenvalue weighted by molar-refractivity contribution is 0.103. The first-order valence-corrected chi connectivity index (χ1v) is 10.7. The molecule has 0 atom stereocenters. The summed E-state index contributed by atoms with van der Waals surface area (Å²) in [4.78, 5) is 26.1. The van der Waals surface area contributed by atoms with E-state index in [0.717, 1.165) is 16.6 Å². The molecule has 33 heavy (non-hydrogen) atoms. The van der Waals surface area contributed by atoms with Crippen LogP contribution in [0.2, 0.25) is 0 Å². The fourth-order valence-corrected chi connectivity index (χ4v) is 3.53. The summed E-state index contributed by atoms with van der Waals surface area (Å²) in [5.74, 6) is 0.430. The van der Waals surface area contributed by atoms with E-state index in [9.17, 15) is 20.0 Å². The largest absolute Gasteiger partial charge is 0.497 e. The Labute approximate surface area is 192 Å². The van der Waals surface area contributed by atoms with Crippen LogP contribution in [0.1, 0.15) is 46.0 Å². The number of pyridine rings is 1. The topological polar surface area (TPSA) is 102 Å². The SMILES string of the molecule is CCCOc1ccc(C(=O)c2c(C)c(C#N)c(=O)n(CCc3ccc(OC)cc3)c2O)cc1. The quantitative estimate of drug-likeness (QED) is 0.499. The Kier molecular flexibility index (Phi) is 7.52. The van der Waals surface area contributed by atoms with Crippen molar-refractivity contribution in [1.82, 2.24) is 4.57 Å². The normalized spacial score (nSPS) is 10.5. The summed E-state index contributed by atoms with van der Waals surface area (Å²) in [6.45, 7) is 4.17. The highest BCUT2D eigenvalue weighted by atomic mass is 16.5. The summed E-state index contributed by atoms with van der Waals surface area (Å²) in [6.07, 6.45) is 1.28. The summed E-state index contributed by atoms with van der Waals surface area (Å²) in [5.41, 5.74) is 0.563. The van der Waals surface area contributed by atoms with Gasteiger partial charge in [-0.1, -0.05) is 19.1 Å². The Morgan fingerprint density at radius 1 is 1.09 bits per heavy atom. The van der Waals surface area contributed by atoms with E-state index in [1.165, 1.54) is 6.92 Å². The third kappa shape index (κ3) is 5.07. The minimum absolute atomic E-state index is 0.0527. The number of nitrogens with zero attached hydrogens (tertiary/aromatic N) is 2. The number of carbonyl (C=O) groups is 1. The molecule has 0 radical (unpaired) electrons. The van der Waals surface area contributed by atoms with E-state index >= 15 is 0 Å². The second-order valence-electron chi connectivity index (χ2n) is 7.57. The highest BCUT2D eigenvalue weighted by molar-refractivity contribution is 6.11. The Balaban J connectivity index is 1.96. The van der Waals surface area contributed by atoms with Gasteiger partial charge in [0, 0.05) is 12.1 Å². The lowest BCUT2D eigenvalue weighted by atomic mass is 9.97. The van der Waals surface area contributed by atoms with Gasteiger partial charge in [-0.15, -0.1) is 0 Å². The smallest absolute Gasteiger partial charge is 0.271 e. The predicted octanol–water partition coefficient (Wildman–Crippen LogP) is 4.01. The molecule has 0 amide bonds. The van der Waals surface area contributed by atoms with Crippen LogP contribution in [0.5, 0.6) is 17.4 Å². The molecule has 0 unspecified atom stereocenters. The zero-order valence-corrected chi connectivity index (χ0v) is 18.9. The van der Waals surface area contributed by atoms with Crippen LogP contribution in [0.4, 0.5) is 0 Å². The van der Waals surface area contributed by atoms with Crippen molar-refractivity contribution in [3.63, 3.8) is 0 Å². The van der Waals surface area contributed by atoms with Crippen LogP contribution in [0, 0.1) is 18.3 Å². The van der Waals surface area contributed by atoms with E-state index in [0.29, 0.717) is 30.1 Å². The van der Waals surface area contributed by atoms with Crippen LogP contribution in [0.25, 0.3) is 0 Å². The molecule has 0 bridgehead atoms. The van der Waals surface area contributed by atoms with Crippen molar-refractivity contribution < 1.29 is 19.4 Å². The van der Waals surface area contributed by atoms with Crippen LogP contribution in [-0.4, -0.2) is 29.2 Å². The average molecular weight is 447 g/mol. The molecule has 0 saturated heterocycles. The molecular weight excluding hydrogens is 420 g/mol. The summed E-state index contributed by atoms with van der Waals surface area (Å²) in [5, 5.41) is 20.5. The molecule has 0 spiro atoms. The van der Waals surface area contributed by atoms with E-state index in [1.807, 2.05) is 25.1 Å². The second kappa shape index (κ2) is 10.5. The fraction of sp³-hybridized carbons (Fsp3) is 0.269. The minimum atomic E-state index is -0.624. The molecule has 0 aliphatic rings. The first-order chi connectivity index (χ1) is 15.9. The maximum absolute atomic E-state index is 13.3. The number of nitriles is 1. The summed E-state index contributed by atoms with van der Waals surface area (Å²) >= 11 is 0. The number of rotatable bonds is 9. The van der Waals surface area contributed by atoms with E-state index < -0.39 is 17.2 Å². The first kappa shape index (κ1) is 23.6. The molecule has 1 aromatic heterocycles. The Morgan fingerprint density at radius 3 is 2.30 bits per heavy atom. The van der Waals surface area contributed by atoms with Crippen LogP contribution in [0.3, 0.4) is 0 Å². The van der Waals surface area contributed by atoms with Crippen LogP contribution < -0.4 is 15.0 Å². The molecule has 0 aliphatic heterocycles. The molecule has 0 fully saturated rings. The second-order valence-corrected chi connectivity index (χ2v) is 7.57. The number of aromatic nitrogens is 1. The molecule has 7 heteroatoms. The number of hydrogen-bond acceptors (Lipinski definition) is 6. The van der Waals surface area contributed by atoms with Crippen molar-refractivity contribution in [2.24, 2.45) is 0 Å². The van der Waals surface area contributed by atoms with Gasteiger partial charge in [-0.3, -0.25) is 14.2 Å². The number of benzene rings is 2. The zero-order chi connectivity index (χ0) is 24.0. The zero-order valence-electron chi connectivity index (χ0n) is 18.9. The number of methoxy groups -OCH3 is 1. The third-order valence-electron chi connectivity index (χ3n) is 5.40. The van der Waals surface area contributed by atoms with E-state index in [2.05, 4.69) is 0 Å². The number of aryl methyl sites for hydroxylation is 1. The molecule has 7 nitrogen and oxygen atoms in total. The molecule has 170 valence electrons. The number of hydrogen-bond donors (Lipinski definition) is 1. The molecule has 3 rings (SSSR count). The lowest BCUT2D eigenvalue weighted by Crippen LogP contribution is -2.27. The van der Waals surface area contributed by atoms with Crippen LogP contribution in [0.15, 0.2) is 53.3 Å². The fourth-order valence-electron chi connectivity index (χ4n) is 3.53. The summed E-state index contributed by atoms with van der Waals surface area (Å²) in [7, 11) is 1.58. The van der Waals surface area contributed by atoms with Gasteiger partial charge >= 0.3 is 0 Å². The van der Waals surface area contributed by atoms with Crippen molar-refractivity contribution >= 4 is 5.78 Å². The molecule has 1 N–H and O–H groups in total. The van der Waals surface area contributed by atoms with Crippen LogP contribution in [-0.2, 0) is 13.0 Å².